The molecule has 0 unspecified atom stereocenters. The van der Waals surface area contributed by atoms with Crippen LogP contribution in [0, 0.1) is 6.92 Å². The van der Waals surface area contributed by atoms with Gasteiger partial charge in [-0.3, -0.25) is 5.43 Å². The second kappa shape index (κ2) is 5.81. The molecular formula is C12H10ClN3O2S. The van der Waals surface area contributed by atoms with Gasteiger partial charge >= 0.3 is 5.97 Å². The van der Waals surface area contributed by atoms with Crippen molar-refractivity contribution in [1.29, 1.82) is 0 Å². The average Bonchev–Trinajstić information content (AvgIpc) is 2.73. The number of hydrogen-bond acceptors (Lipinski definition) is 5. The Hall–Kier alpha value is -1.92. The van der Waals surface area contributed by atoms with Gasteiger partial charge in [0.05, 0.1) is 11.9 Å². The number of hydrazone groups is 1. The van der Waals surface area contributed by atoms with Gasteiger partial charge in [0.25, 0.3) is 0 Å². The van der Waals surface area contributed by atoms with Gasteiger partial charge in [-0.15, -0.1) is 0 Å². The molecular weight excluding hydrogens is 286 g/mol. The number of rotatable bonds is 4. The van der Waals surface area contributed by atoms with Crippen LogP contribution in [0.5, 0.6) is 0 Å². The van der Waals surface area contributed by atoms with Crippen LogP contribution in [-0.4, -0.2) is 21.7 Å². The molecule has 0 atom stereocenters. The van der Waals surface area contributed by atoms with Gasteiger partial charge in [0.1, 0.15) is 10.6 Å². The minimum Gasteiger partial charge on any atom is -0.478 e. The number of halogens is 1. The molecule has 0 radical (unpaired) electrons. The van der Waals surface area contributed by atoms with Crippen molar-refractivity contribution in [2.24, 2.45) is 5.10 Å². The third-order valence-electron chi connectivity index (χ3n) is 2.33. The normalized spacial score (nSPS) is 10.8. The first kappa shape index (κ1) is 13.5. The third kappa shape index (κ3) is 3.30. The minimum absolute atomic E-state index is 0.151. The first-order chi connectivity index (χ1) is 9.08. The summed E-state index contributed by atoms with van der Waals surface area (Å²) in [7, 11) is 0. The number of aromatic carboxylic acids is 1. The predicted octanol–water partition coefficient (Wildman–Crippen LogP) is 3.25. The molecule has 1 heterocycles. The lowest BCUT2D eigenvalue weighted by atomic mass is 10.2. The van der Waals surface area contributed by atoms with E-state index in [4.69, 9.17) is 16.7 Å². The lowest BCUT2D eigenvalue weighted by Crippen LogP contribution is -2.01. The van der Waals surface area contributed by atoms with Gasteiger partial charge in [-0.05, 0) is 36.2 Å². The Bertz CT molecular complexity index is 622. The lowest BCUT2D eigenvalue weighted by Gasteiger charge is -1.98. The van der Waals surface area contributed by atoms with Crippen LogP contribution in [0.4, 0.5) is 5.00 Å². The van der Waals surface area contributed by atoms with E-state index in [9.17, 15) is 4.79 Å². The van der Waals surface area contributed by atoms with Crippen molar-refractivity contribution in [2.45, 2.75) is 6.92 Å². The summed E-state index contributed by atoms with van der Waals surface area (Å²) in [5.74, 6) is -1.02. The van der Waals surface area contributed by atoms with E-state index >= 15 is 0 Å². The van der Waals surface area contributed by atoms with Gasteiger partial charge in [-0.2, -0.15) is 9.47 Å². The van der Waals surface area contributed by atoms with Crippen LogP contribution in [-0.2, 0) is 0 Å². The number of benzene rings is 1. The average molecular weight is 296 g/mol. The third-order valence-corrected chi connectivity index (χ3v) is 3.42. The molecule has 1 aromatic heterocycles. The van der Waals surface area contributed by atoms with E-state index in [2.05, 4.69) is 14.9 Å². The number of carbonyl (C=O) groups is 1. The molecule has 0 aliphatic rings. The van der Waals surface area contributed by atoms with Crippen LogP contribution in [0.1, 0.15) is 21.6 Å². The van der Waals surface area contributed by atoms with E-state index in [1.54, 1.807) is 25.3 Å². The minimum atomic E-state index is -1.02. The molecule has 0 aliphatic carbocycles. The zero-order chi connectivity index (χ0) is 13.8. The Labute approximate surface area is 118 Å². The number of anilines is 1. The number of nitrogens with one attached hydrogen (secondary N) is 1. The summed E-state index contributed by atoms with van der Waals surface area (Å²) >= 11 is 6.83. The van der Waals surface area contributed by atoms with Crippen LogP contribution in [0.25, 0.3) is 0 Å². The van der Waals surface area contributed by atoms with Crippen molar-refractivity contribution in [3.63, 3.8) is 0 Å². The standard InChI is InChI=1S/C12H10ClN3O2S/c1-7-10(12(17)18)11(19-16-7)15-14-6-8-2-4-9(13)5-3-8/h2-6,15H,1H3,(H,17,18). The summed E-state index contributed by atoms with van der Waals surface area (Å²) in [5, 5.41) is 14.1. The molecule has 2 rings (SSSR count). The number of carboxylic acids is 1. The fourth-order valence-corrected chi connectivity index (χ4v) is 2.28. The predicted molar refractivity (Wildman–Crippen MR) is 76.5 cm³/mol. The maximum absolute atomic E-state index is 11.0. The van der Waals surface area contributed by atoms with E-state index in [0.29, 0.717) is 15.7 Å². The van der Waals surface area contributed by atoms with Gasteiger partial charge < -0.3 is 5.11 Å². The first-order valence-corrected chi connectivity index (χ1v) is 6.47. The Morgan fingerprint density at radius 2 is 2.16 bits per heavy atom. The molecule has 19 heavy (non-hydrogen) atoms. The largest absolute Gasteiger partial charge is 0.478 e. The zero-order valence-electron chi connectivity index (χ0n) is 9.92. The van der Waals surface area contributed by atoms with Crippen molar-refractivity contribution >= 4 is 40.3 Å². The van der Waals surface area contributed by atoms with Crippen LogP contribution in [0.2, 0.25) is 5.02 Å². The molecule has 0 bridgehead atoms. The van der Waals surface area contributed by atoms with E-state index in [1.165, 1.54) is 0 Å². The molecule has 2 N–H and O–H groups in total. The first-order valence-electron chi connectivity index (χ1n) is 5.32. The van der Waals surface area contributed by atoms with Crippen LogP contribution in [0.15, 0.2) is 29.4 Å². The summed E-state index contributed by atoms with van der Waals surface area (Å²) in [4.78, 5) is 11.0. The second-order valence-electron chi connectivity index (χ2n) is 3.70. The molecule has 5 nitrogen and oxygen atoms in total. The second-order valence-corrected chi connectivity index (χ2v) is 4.91. The van der Waals surface area contributed by atoms with Gasteiger partial charge in [0, 0.05) is 5.02 Å². The Morgan fingerprint density at radius 3 is 2.79 bits per heavy atom. The van der Waals surface area contributed by atoms with Gasteiger partial charge in [-0.1, -0.05) is 23.7 Å². The number of aromatic nitrogens is 1. The number of hydrogen-bond donors (Lipinski definition) is 2. The monoisotopic (exact) mass is 295 g/mol. The van der Waals surface area contributed by atoms with Gasteiger partial charge in [-0.25, -0.2) is 4.79 Å². The van der Waals surface area contributed by atoms with Crippen LogP contribution in [0.3, 0.4) is 0 Å². The molecule has 0 aliphatic heterocycles. The van der Waals surface area contributed by atoms with E-state index in [0.717, 1.165) is 17.1 Å². The Balaban J connectivity index is 2.10. The summed E-state index contributed by atoms with van der Waals surface area (Å²) < 4.78 is 3.98. The van der Waals surface area contributed by atoms with Crippen LogP contribution < -0.4 is 5.43 Å². The molecule has 0 fully saturated rings. The maximum Gasteiger partial charge on any atom is 0.340 e. The molecule has 0 saturated heterocycles. The lowest BCUT2D eigenvalue weighted by molar-refractivity contribution is 0.0697. The summed E-state index contributed by atoms with van der Waals surface area (Å²) in [5.41, 5.74) is 4.17. The highest BCUT2D eigenvalue weighted by Crippen LogP contribution is 2.24. The maximum atomic E-state index is 11.0. The molecule has 1 aromatic carbocycles. The number of aryl methyl sites for hydroxylation is 1. The topological polar surface area (TPSA) is 74.6 Å². The molecule has 0 amide bonds. The quantitative estimate of drug-likeness (QED) is 0.671. The Morgan fingerprint density at radius 1 is 1.47 bits per heavy atom. The van der Waals surface area contributed by atoms with E-state index < -0.39 is 5.97 Å². The van der Waals surface area contributed by atoms with E-state index in [-0.39, 0.29) is 5.56 Å². The molecule has 0 saturated carbocycles. The van der Waals surface area contributed by atoms with E-state index in [1.807, 2.05) is 12.1 Å². The van der Waals surface area contributed by atoms with Crippen molar-refractivity contribution in [3.05, 3.63) is 46.1 Å². The van der Waals surface area contributed by atoms with Crippen molar-refractivity contribution < 1.29 is 9.90 Å². The SMILES string of the molecule is Cc1nsc(NN=Cc2ccc(Cl)cc2)c1C(=O)O. The highest BCUT2D eigenvalue weighted by atomic mass is 35.5. The highest BCUT2D eigenvalue weighted by Gasteiger charge is 2.16. The molecule has 7 heteroatoms. The molecule has 2 aromatic rings. The Kier molecular flexibility index (Phi) is 4.13. The fourth-order valence-electron chi connectivity index (χ4n) is 1.41. The number of carboxylic acid groups (broad SMARTS) is 1. The van der Waals surface area contributed by atoms with Gasteiger partial charge in [0.2, 0.25) is 0 Å². The van der Waals surface area contributed by atoms with Gasteiger partial charge in [0.15, 0.2) is 0 Å². The number of nitrogens with zero attached hydrogens (tertiary/aromatic N) is 2. The highest BCUT2D eigenvalue weighted by molar-refractivity contribution is 7.10. The fraction of sp³-hybridized carbons (Fsp3) is 0.0833. The van der Waals surface area contributed by atoms with Crippen molar-refractivity contribution in [3.8, 4) is 0 Å². The zero-order valence-corrected chi connectivity index (χ0v) is 11.5. The summed E-state index contributed by atoms with van der Waals surface area (Å²) in [6.07, 6.45) is 1.58. The molecule has 98 valence electrons. The van der Waals surface area contributed by atoms with Crippen molar-refractivity contribution in [2.75, 3.05) is 5.43 Å². The van der Waals surface area contributed by atoms with Crippen molar-refractivity contribution in [1.82, 2.24) is 4.37 Å². The summed E-state index contributed by atoms with van der Waals surface area (Å²) in [6, 6.07) is 7.12. The van der Waals surface area contributed by atoms with Crippen LogP contribution >= 0.6 is 23.1 Å². The summed E-state index contributed by atoms with van der Waals surface area (Å²) in [6.45, 7) is 1.65. The molecule has 0 spiro atoms. The smallest absolute Gasteiger partial charge is 0.340 e.